The van der Waals surface area contributed by atoms with Gasteiger partial charge in [0.25, 0.3) is 0 Å². The normalized spacial score (nSPS) is 11.5. The molecule has 268 valence electrons. The molecule has 0 atom stereocenters. The van der Waals surface area contributed by atoms with Crippen molar-refractivity contribution in [1.82, 2.24) is 0 Å². The molecule has 3 heteroatoms. The van der Waals surface area contributed by atoms with E-state index in [0.29, 0.717) is 0 Å². The molecule has 0 N–H and O–H groups in total. The van der Waals surface area contributed by atoms with Crippen molar-refractivity contribution >= 4 is 80.1 Å². The Morgan fingerprint density at radius 2 is 0.702 bits per heavy atom. The van der Waals surface area contributed by atoms with E-state index in [4.69, 9.17) is 0 Å². The lowest BCUT2D eigenvalue weighted by Crippen LogP contribution is -2.09. The van der Waals surface area contributed by atoms with E-state index < -0.39 is 0 Å². The highest BCUT2D eigenvalue weighted by Gasteiger charge is 2.19. The van der Waals surface area contributed by atoms with Crippen LogP contribution >= 0.6 is 22.7 Å². The van der Waals surface area contributed by atoms with E-state index in [9.17, 15) is 0 Å². The van der Waals surface area contributed by atoms with Crippen LogP contribution in [0.5, 0.6) is 0 Å². The fourth-order valence-corrected chi connectivity index (χ4v) is 10.6. The average molecular weight is 762 g/mol. The minimum atomic E-state index is 1.11. The molecule has 0 aliphatic carbocycles. The molecule has 2 heterocycles. The van der Waals surface area contributed by atoms with Gasteiger partial charge >= 0.3 is 0 Å². The first kappa shape index (κ1) is 33.5. The summed E-state index contributed by atoms with van der Waals surface area (Å²) < 4.78 is 5.35. The van der Waals surface area contributed by atoms with Gasteiger partial charge in [-0.15, -0.1) is 22.7 Å². The molecule has 0 aliphatic rings. The highest BCUT2D eigenvalue weighted by Crippen LogP contribution is 2.48. The summed E-state index contributed by atoms with van der Waals surface area (Å²) in [5, 5.41) is 5.40. The van der Waals surface area contributed by atoms with E-state index in [-0.39, 0.29) is 0 Å². The Bertz CT molecular complexity index is 3100. The molecule has 2 aromatic heterocycles. The number of anilines is 3. The molecule has 0 fully saturated rings. The van der Waals surface area contributed by atoms with Crippen LogP contribution in [0, 0.1) is 0 Å². The van der Waals surface area contributed by atoms with Gasteiger partial charge < -0.3 is 4.90 Å². The van der Waals surface area contributed by atoms with Gasteiger partial charge in [0.2, 0.25) is 0 Å². The van der Waals surface area contributed by atoms with Gasteiger partial charge in [-0.05, 0) is 106 Å². The smallest absolute Gasteiger partial charge is 0.0462 e. The number of hydrogen-bond donors (Lipinski definition) is 0. The summed E-state index contributed by atoms with van der Waals surface area (Å²) in [6, 6.07) is 77.3. The van der Waals surface area contributed by atoms with Crippen LogP contribution in [0.15, 0.2) is 212 Å². The zero-order valence-electron chi connectivity index (χ0n) is 31.0. The van der Waals surface area contributed by atoms with Crippen LogP contribution in [-0.2, 0) is 0 Å². The van der Waals surface area contributed by atoms with Crippen molar-refractivity contribution in [2.45, 2.75) is 0 Å². The Hall–Kier alpha value is -6.78. The van der Waals surface area contributed by atoms with Crippen molar-refractivity contribution in [1.29, 1.82) is 0 Å². The SMILES string of the molecule is c1ccc(-c2ccc(N(c3ccc(-c4ccccc4)cc3)c3ccc(-c4cc(-c5ccccc5)c5sc6ccc7sc8ccccc8c7c6c5c4)cc3)cc2)cc1. The van der Waals surface area contributed by atoms with Crippen molar-refractivity contribution in [3.8, 4) is 44.5 Å². The van der Waals surface area contributed by atoms with Crippen molar-refractivity contribution < 1.29 is 0 Å². The Kier molecular flexibility index (Phi) is 8.28. The van der Waals surface area contributed by atoms with E-state index in [1.807, 2.05) is 22.7 Å². The summed E-state index contributed by atoms with van der Waals surface area (Å²) in [7, 11) is 0. The largest absolute Gasteiger partial charge is 0.311 e. The Labute approximate surface area is 340 Å². The third-order valence-corrected chi connectivity index (χ3v) is 13.4. The fraction of sp³-hybridized carbons (Fsp3) is 0. The number of nitrogens with zero attached hydrogens (tertiary/aromatic N) is 1. The molecule has 0 saturated heterocycles. The van der Waals surface area contributed by atoms with Crippen LogP contribution in [-0.4, -0.2) is 0 Å². The third-order valence-electron chi connectivity index (χ3n) is 11.1. The highest BCUT2D eigenvalue weighted by atomic mass is 32.1. The summed E-state index contributed by atoms with van der Waals surface area (Å²) in [6.45, 7) is 0. The minimum absolute atomic E-state index is 1.11. The van der Waals surface area contributed by atoms with Gasteiger partial charge in [-0.2, -0.15) is 0 Å². The topological polar surface area (TPSA) is 3.24 Å². The number of benzene rings is 9. The summed E-state index contributed by atoms with van der Waals surface area (Å²) in [5.74, 6) is 0. The monoisotopic (exact) mass is 761 g/mol. The molecule has 0 saturated carbocycles. The van der Waals surface area contributed by atoms with Gasteiger partial charge in [-0.3, -0.25) is 0 Å². The molecule has 9 aromatic carbocycles. The fourth-order valence-electron chi connectivity index (χ4n) is 8.30. The molecule has 0 unspecified atom stereocenters. The van der Waals surface area contributed by atoms with Gasteiger partial charge in [-0.25, -0.2) is 0 Å². The minimum Gasteiger partial charge on any atom is -0.311 e. The van der Waals surface area contributed by atoms with Gasteiger partial charge in [0.05, 0.1) is 0 Å². The van der Waals surface area contributed by atoms with Crippen molar-refractivity contribution in [3.63, 3.8) is 0 Å². The zero-order chi connectivity index (χ0) is 37.7. The quantitative estimate of drug-likeness (QED) is 0.156. The summed E-state index contributed by atoms with van der Waals surface area (Å²) in [4.78, 5) is 2.36. The van der Waals surface area contributed by atoms with E-state index in [2.05, 4.69) is 217 Å². The summed E-state index contributed by atoms with van der Waals surface area (Å²) >= 11 is 3.80. The lowest BCUT2D eigenvalue weighted by molar-refractivity contribution is 1.28. The zero-order valence-corrected chi connectivity index (χ0v) is 32.6. The molecular weight excluding hydrogens is 727 g/mol. The van der Waals surface area contributed by atoms with Crippen LogP contribution in [0.4, 0.5) is 17.1 Å². The van der Waals surface area contributed by atoms with E-state index in [0.717, 1.165) is 17.1 Å². The standard InChI is InChI=1S/C54H35NS2/c1-4-12-36(13-5-1)38-20-26-43(27-21-38)55(44-28-22-39(23-29-44)37-14-6-2-7-15-37)45-30-24-40(25-31-45)42-34-47(41-16-8-3-9-17-41)54-48(35-42)53-51(57-54)33-32-50-52(53)46-18-10-11-19-49(46)56-50/h1-35H. The molecule has 0 amide bonds. The van der Waals surface area contributed by atoms with Crippen molar-refractivity contribution in [3.05, 3.63) is 212 Å². The first-order valence-corrected chi connectivity index (χ1v) is 21.0. The molecule has 0 spiro atoms. The summed E-state index contributed by atoms with van der Waals surface area (Å²) in [5.41, 5.74) is 13.1. The van der Waals surface area contributed by atoms with Crippen molar-refractivity contribution in [2.75, 3.05) is 4.90 Å². The van der Waals surface area contributed by atoms with Gasteiger partial charge in [0.15, 0.2) is 0 Å². The third kappa shape index (κ3) is 6.00. The van der Waals surface area contributed by atoms with Gasteiger partial charge in [0, 0.05) is 63.0 Å². The second-order valence-electron chi connectivity index (χ2n) is 14.5. The van der Waals surface area contributed by atoms with Crippen LogP contribution in [0.1, 0.15) is 0 Å². The first-order chi connectivity index (χ1) is 28.2. The lowest BCUT2D eigenvalue weighted by Gasteiger charge is -2.26. The average Bonchev–Trinajstić information content (AvgIpc) is 3.86. The molecule has 11 rings (SSSR count). The van der Waals surface area contributed by atoms with Crippen LogP contribution in [0.25, 0.3) is 84.9 Å². The summed E-state index contributed by atoms with van der Waals surface area (Å²) in [6.07, 6.45) is 0. The number of hydrogen-bond acceptors (Lipinski definition) is 3. The molecule has 57 heavy (non-hydrogen) atoms. The second-order valence-corrected chi connectivity index (χ2v) is 16.6. The lowest BCUT2D eigenvalue weighted by atomic mass is 9.95. The van der Waals surface area contributed by atoms with Crippen LogP contribution < -0.4 is 4.90 Å². The van der Waals surface area contributed by atoms with Crippen LogP contribution in [0.3, 0.4) is 0 Å². The number of thiophene rings is 2. The van der Waals surface area contributed by atoms with Crippen LogP contribution in [0.2, 0.25) is 0 Å². The Morgan fingerprint density at radius 3 is 1.25 bits per heavy atom. The van der Waals surface area contributed by atoms with Gasteiger partial charge in [-0.1, -0.05) is 146 Å². The molecule has 11 aromatic rings. The van der Waals surface area contributed by atoms with E-state index in [1.165, 1.54) is 84.9 Å². The highest BCUT2D eigenvalue weighted by molar-refractivity contribution is 7.28. The van der Waals surface area contributed by atoms with Crippen molar-refractivity contribution in [2.24, 2.45) is 0 Å². The molecule has 0 aliphatic heterocycles. The molecule has 1 nitrogen and oxygen atoms in total. The predicted molar refractivity (Wildman–Crippen MR) is 249 cm³/mol. The second kappa shape index (κ2) is 14.1. The molecule has 0 radical (unpaired) electrons. The molecular formula is C54H35NS2. The van der Waals surface area contributed by atoms with Gasteiger partial charge in [0.1, 0.15) is 0 Å². The van der Waals surface area contributed by atoms with E-state index >= 15 is 0 Å². The Balaban J connectivity index is 1.05. The number of fused-ring (bicyclic) bond motifs is 7. The maximum atomic E-state index is 2.43. The van der Waals surface area contributed by atoms with E-state index in [1.54, 1.807) is 0 Å². The first-order valence-electron chi connectivity index (χ1n) is 19.3. The number of rotatable bonds is 7. The maximum Gasteiger partial charge on any atom is 0.0462 e. The Morgan fingerprint density at radius 1 is 0.281 bits per heavy atom. The predicted octanol–water partition coefficient (Wildman–Crippen LogP) is 16.6. The maximum absolute atomic E-state index is 2.43. The molecule has 0 bridgehead atoms.